The third-order valence-electron chi connectivity index (χ3n) is 3.47. The van der Waals surface area contributed by atoms with Crippen molar-refractivity contribution in [3.8, 4) is 11.3 Å². The third kappa shape index (κ3) is 4.83. The van der Waals surface area contributed by atoms with Crippen molar-refractivity contribution in [2.45, 2.75) is 24.2 Å². The molecule has 0 saturated carbocycles. The zero-order valence-corrected chi connectivity index (χ0v) is 14.9. The van der Waals surface area contributed by atoms with Crippen LogP contribution >= 0.6 is 27.7 Å². The maximum Gasteiger partial charge on any atom is 0.256 e. The lowest BCUT2D eigenvalue weighted by atomic mass is 10.2. The van der Waals surface area contributed by atoms with E-state index in [1.165, 1.54) is 11.8 Å². The van der Waals surface area contributed by atoms with E-state index in [-0.39, 0.29) is 17.8 Å². The molecule has 2 aromatic rings. The minimum atomic E-state index is -0.0345. The number of nitrogens with one attached hydrogen (secondary N) is 1. The number of ether oxygens (including phenoxy) is 1. The first-order chi connectivity index (χ1) is 11.2. The zero-order chi connectivity index (χ0) is 16.1. The number of amides is 1. The van der Waals surface area contributed by atoms with Gasteiger partial charge in [0.05, 0.1) is 18.1 Å². The molecule has 1 atom stereocenters. The van der Waals surface area contributed by atoms with Gasteiger partial charge in [0, 0.05) is 23.2 Å². The van der Waals surface area contributed by atoms with Gasteiger partial charge in [-0.25, -0.2) is 4.98 Å². The van der Waals surface area contributed by atoms with Crippen molar-refractivity contribution < 1.29 is 13.9 Å². The molecule has 3 rings (SSSR count). The van der Waals surface area contributed by atoms with Gasteiger partial charge in [-0.05, 0) is 25.0 Å². The minimum absolute atomic E-state index is 0.0345. The van der Waals surface area contributed by atoms with Gasteiger partial charge in [-0.1, -0.05) is 39.8 Å². The fraction of sp³-hybridized carbons (Fsp3) is 0.375. The smallest absolute Gasteiger partial charge is 0.256 e. The fourth-order valence-corrected chi connectivity index (χ4v) is 3.34. The van der Waals surface area contributed by atoms with Crippen molar-refractivity contribution in [2.75, 3.05) is 18.9 Å². The largest absolute Gasteiger partial charge is 0.431 e. The number of hydrogen-bond acceptors (Lipinski definition) is 5. The second-order valence-electron chi connectivity index (χ2n) is 5.23. The molecule has 1 amide bonds. The van der Waals surface area contributed by atoms with Crippen LogP contribution < -0.4 is 5.32 Å². The normalized spacial score (nSPS) is 17.3. The summed E-state index contributed by atoms with van der Waals surface area (Å²) in [5.74, 6) is 0.937. The van der Waals surface area contributed by atoms with Crippen molar-refractivity contribution in [1.82, 2.24) is 10.3 Å². The molecule has 7 heteroatoms. The van der Waals surface area contributed by atoms with Crippen LogP contribution in [0.3, 0.4) is 0 Å². The maximum atomic E-state index is 11.8. The van der Waals surface area contributed by atoms with Crippen LogP contribution in [-0.4, -0.2) is 35.9 Å². The van der Waals surface area contributed by atoms with Gasteiger partial charge in [0.2, 0.25) is 5.91 Å². The van der Waals surface area contributed by atoms with Gasteiger partial charge in [-0.15, -0.1) is 0 Å². The first-order valence-electron chi connectivity index (χ1n) is 7.43. The molecule has 0 bridgehead atoms. The van der Waals surface area contributed by atoms with Gasteiger partial charge < -0.3 is 14.5 Å². The second-order valence-corrected chi connectivity index (χ2v) is 7.07. The van der Waals surface area contributed by atoms with E-state index in [1.54, 1.807) is 6.20 Å². The summed E-state index contributed by atoms with van der Waals surface area (Å²) >= 11 is 4.72. The van der Waals surface area contributed by atoms with E-state index in [9.17, 15) is 4.79 Å². The summed E-state index contributed by atoms with van der Waals surface area (Å²) in [6, 6.07) is 7.80. The molecule has 0 aliphatic carbocycles. The highest BCUT2D eigenvalue weighted by atomic mass is 79.9. The van der Waals surface area contributed by atoms with E-state index >= 15 is 0 Å². The first-order valence-corrected chi connectivity index (χ1v) is 9.21. The van der Waals surface area contributed by atoms with E-state index in [2.05, 4.69) is 26.2 Å². The van der Waals surface area contributed by atoms with Crippen LogP contribution in [0.1, 0.15) is 12.8 Å². The molecule has 1 fully saturated rings. The molecule has 1 unspecified atom stereocenters. The van der Waals surface area contributed by atoms with Crippen molar-refractivity contribution in [1.29, 1.82) is 0 Å². The monoisotopic (exact) mass is 396 g/mol. The van der Waals surface area contributed by atoms with Crippen LogP contribution in [0.5, 0.6) is 0 Å². The standard InChI is InChI=1S/C16H17BrN2O3S/c17-12-4-1-3-11(7-12)14-9-19-16(22-14)23-10-15(20)18-8-13-5-2-6-21-13/h1,3-4,7,9,13H,2,5-6,8,10H2,(H,18,20). The summed E-state index contributed by atoms with van der Waals surface area (Å²) in [5.41, 5.74) is 0.946. The number of halogens is 1. The Morgan fingerprint density at radius 2 is 2.39 bits per heavy atom. The number of benzene rings is 1. The van der Waals surface area contributed by atoms with Crippen molar-refractivity contribution in [3.05, 3.63) is 34.9 Å². The second kappa shape index (κ2) is 7.99. The molecule has 1 aliphatic rings. The quantitative estimate of drug-likeness (QED) is 0.756. The van der Waals surface area contributed by atoms with E-state index < -0.39 is 0 Å². The van der Waals surface area contributed by atoms with Gasteiger partial charge in [0.15, 0.2) is 5.76 Å². The number of hydrogen-bond donors (Lipinski definition) is 1. The molecule has 2 heterocycles. The van der Waals surface area contributed by atoms with Gasteiger partial charge in [0.1, 0.15) is 0 Å². The van der Waals surface area contributed by atoms with Crippen LogP contribution in [0.15, 0.2) is 44.6 Å². The highest BCUT2D eigenvalue weighted by molar-refractivity contribution is 9.10. The van der Waals surface area contributed by atoms with Gasteiger partial charge >= 0.3 is 0 Å². The summed E-state index contributed by atoms with van der Waals surface area (Å²) in [7, 11) is 0. The Balaban J connectivity index is 1.48. The molecule has 1 aromatic heterocycles. The SMILES string of the molecule is O=C(CSc1ncc(-c2cccc(Br)c2)o1)NCC1CCCO1. The maximum absolute atomic E-state index is 11.8. The van der Waals surface area contributed by atoms with Gasteiger partial charge in [-0.3, -0.25) is 4.79 Å². The van der Waals surface area contributed by atoms with E-state index in [1.807, 2.05) is 24.3 Å². The molecular formula is C16H17BrN2O3S. The summed E-state index contributed by atoms with van der Waals surface area (Å²) in [6.07, 6.45) is 3.93. The lowest BCUT2D eigenvalue weighted by Gasteiger charge is -2.09. The number of nitrogens with zero attached hydrogens (tertiary/aromatic N) is 1. The Morgan fingerprint density at radius 3 is 3.17 bits per heavy atom. The van der Waals surface area contributed by atoms with Crippen LogP contribution in [-0.2, 0) is 9.53 Å². The molecule has 1 N–H and O–H groups in total. The molecular weight excluding hydrogens is 380 g/mol. The van der Waals surface area contributed by atoms with E-state index in [0.29, 0.717) is 17.5 Å². The van der Waals surface area contributed by atoms with Crippen LogP contribution in [0, 0.1) is 0 Å². The molecule has 1 saturated heterocycles. The average molecular weight is 397 g/mol. The summed E-state index contributed by atoms with van der Waals surface area (Å²) < 4.78 is 12.1. The van der Waals surface area contributed by atoms with E-state index in [4.69, 9.17) is 9.15 Å². The molecule has 23 heavy (non-hydrogen) atoms. The summed E-state index contributed by atoms with van der Waals surface area (Å²) in [5, 5.41) is 3.37. The van der Waals surface area contributed by atoms with Crippen molar-refractivity contribution in [2.24, 2.45) is 0 Å². The Bertz CT molecular complexity index is 671. The number of thioether (sulfide) groups is 1. The molecule has 1 aliphatic heterocycles. The number of carbonyl (C=O) groups excluding carboxylic acids is 1. The lowest BCUT2D eigenvalue weighted by Crippen LogP contribution is -2.32. The van der Waals surface area contributed by atoms with Gasteiger partial charge in [0.25, 0.3) is 5.22 Å². The number of carbonyl (C=O) groups is 1. The zero-order valence-electron chi connectivity index (χ0n) is 12.5. The Labute approximate surface area is 147 Å². The topological polar surface area (TPSA) is 64.4 Å². The summed E-state index contributed by atoms with van der Waals surface area (Å²) in [6.45, 7) is 1.37. The number of aromatic nitrogens is 1. The number of oxazole rings is 1. The van der Waals surface area contributed by atoms with Crippen LogP contribution in [0.25, 0.3) is 11.3 Å². The highest BCUT2D eigenvalue weighted by Crippen LogP contribution is 2.27. The van der Waals surface area contributed by atoms with Gasteiger partial charge in [-0.2, -0.15) is 0 Å². The Hall–Kier alpha value is -1.31. The minimum Gasteiger partial charge on any atom is -0.431 e. The molecule has 122 valence electrons. The first kappa shape index (κ1) is 16.5. The molecule has 0 spiro atoms. The van der Waals surface area contributed by atoms with Crippen LogP contribution in [0.2, 0.25) is 0 Å². The molecule has 1 aromatic carbocycles. The number of rotatable bonds is 6. The Kier molecular flexibility index (Phi) is 5.75. The highest BCUT2D eigenvalue weighted by Gasteiger charge is 2.16. The van der Waals surface area contributed by atoms with Crippen molar-refractivity contribution in [3.63, 3.8) is 0 Å². The summed E-state index contributed by atoms with van der Waals surface area (Å²) in [4.78, 5) is 16.0. The third-order valence-corrected chi connectivity index (χ3v) is 4.81. The lowest BCUT2D eigenvalue weighted by molar-refractivity contribution is -0.119. The fourth-order valence-electron chi connectivity index (χ4n) is 2.31. The van der Waals surface area contributed by atoms with Crippen LogP contribution in [0.4, 0.5) is 0 Å². The Morgan fingerprint density at radius 1 is 1.48 bits per heavy atom. The predicted molar refractivity (Wildman–Crippen MR) is 92.3 cm³/mol. The molecule has 0 radical (unpaired) electrons. The van der Waals surface area contributed by atoms with Crippen molar-refractivity contribution >= 4 is 33.6 Å². The van der Waals surface area contributed by atoms with E-state index in [0.717, 1.165) is 29.5 Å². The molecule has 5 nitrogen and oxygen atoms in total. The predicted octanol–water partition coefficient (Wildman–Crippen LogP) is 3.49. The average Bonchev–Trinajstić information content (AvgIpc) is 3.22.